The fourth-order valence-corrected chi connectivity index (χ4v) is 8.61. The van der Waals surface area contributed by atoms with Gasteiger partial charge in [-0.2, -0.15) is 0 Å². The Morgan fingerprint density at radius 1 is 0.448 bits per heavy atom. The highest BCUT2D eigenvalue weighted by Gasteiger charge is 2.39. The summed E-state index contributed by atoms with van der Waals surface area (Å²) in [5.74, 6) is -1.21. The van der Waals surface area contributed by atoms with Crippen LogP contribution in [-0.4, -0.2) is 116 Å². The average molecular weight is 1240 g/mol. The summed E-state index contributed by atoms with van der Waals surface area (Å²) in [5.41, 5.74) is 0. The second kappa shape index (κ2) is 72.7. The highest BCUT2D eigenvalue weighted by atomic mass is 16.6. The molecule has 0 aromatic rings. The molecule has 0 aromatic heterocycles. The lowest BCUT2D eigenvalue weighted by Gasteiger charge is -2.32. The van der Waals surface area contributed by atoms with Gasteiger partial charge in [0, 0.05) is 37.6 Å². The van der Waals surface area contributed by atoms with Gasteiger partial charge < -0.3 is 28.6 Å². The Bertz CT molecular complexity index is 1580. The summed E-state index contributed by atoms with van der Waals surface area (Å²) in [6.07, 6.45) is 41.8. The first-order valence-electron chi connectivity index (χ1n) is 35.4. The van der Waals surface area contributed by atoms with E-state index in [-0.39, 0.29) is 67.9 Å². The molecule has 0 aromatic carbocycles. The molecule has 14 heteroatoms. The van der Waals surface area contributed by atoms with Crippen molar-refractivity contribution in [3.8, 4) is 0 Å². The molecule has 4 atom stereocenters. The Kier molecular flexibility index (Phi) is 76.6. The van der Waals surface area contributed by atoms with Gasteiger partial charge in [0.25, 0.3) is 0 Å². The minimum Gasteiger partial charge on any atom is -0.466 e. The fraction of sp³-hybridized carbons (Fsp3) is 0.849. The van der Waals surface area contributed by atoms with Crippen molar-refractivity contribution >= 4 is 41.5 Å². The minimum atomic E-state index is -0.585. The van der Waals surface area contributed by atoms with Gasteiger partial charge in [-0.05, 0) is 78.1 Å². The van der Waals surface area contributed by atoms with Gasteiger partial charge in [-0.15, -0.1) is 6.58 Å². The number of carbonyl (C=O) groups excluding carboxylic acids is 7. The molecule has 1 heterocycles. The van der Waals surface area contributed by atoms with Crippen molar-refractivity contribution in [1.82, 2.24) is 9.80 Å². The molecule has 1 saturated heterocycles. The molecule has 1 aliphatic rings. The Labute approximate surface area is 536 Å². The zero-order chi connectivity index (χ0) is 66.6. The second-order valence-corrected chi connectivity index (χ2v) is 23.3. The van der Waals surface area contributed by atoms with E-state index in [0.29, 0.717) is 77.3 Å². The maximum absolute atomic E-state index is 13.3. The summed E-state index contributed by atoms with van der Waals surface area (Å²) in [6.45, 7) is 35.2. The van der Waals surface area contributed by atoms with Gasteiger partial charge >= 0.3 is 29.8 Å². The predicted molar refractivity (Wildman–Crippen MR) is 364 cm³/mol. The quantitative estimate of drug-likeness (QED) is 0.0244. The molecular formula is C73H140N2O12. The highest BCUT2D eigenvalue weighted by molar-refractivity contribution is 5.81. The molecule has 0 radical (unpaired) electrons. The molecule has 0 saturated carbocycles. The van der Waals surface area contributed by atoms with Gasteiger partial charge in [0.1, 0.15) is 12.4 Å². The summed E-state index contributed by atoms with van der Waals surface area (Å²) in [7, 11) is 0. The first-order valence-corrected chi connectivity index (χ1v) is 35.4. The summed E-state index contributed by atoms with van der Waals surface area (Å²) in [4.78, 5) is 88.9. The van der Waals surface area contributed by atoms with Crippen molar-refractivity contribution in [1.29, 1.82) is 0 Å². The number of hydrogen-bond donors (Lipinski definition) is 0. The first-order chi connectivity index (χ1) is 41.9. The number of ketones is 1. The zero-order valence-electron chi connectivity index (χ0n) is 59.4. The van der Waals surface area contributed by atoms with E-state index in [0.717, 1.165) is 64.2 Å². The number of rotatable bonds is 47. The number of ether oxygens (including phenoxy) is 5. The summed E-state index contributed by atoms with van der Waals surface area (Å²) in [6, 6.07) is -0.338. The first kappa shape index (κ1) is 91.7. The largest absolute Gasteiger partial charge is 0.466 e. The molecule has 87 heavy (non-hydrogen) atoms. The Hall–Kier alpha value is -4.07. The molecule has 0 N–H and O–H groups in total. The van der Waals surface area contributed by atoms with E-state index >= 15 is 0 Å². The van der Waals surface area contributed by atoms with Crippen LogP contribution < -0.4 is 0 Å². The van der Waals surface area contributed by atoms with Crippen LogP contribution in [0, 0.1) is 11.8 Å². The van der Waals surface area contributed by atoms with E-state index in [1.165, 1.54) is 120 Å². The van der Waals surface area contributed by atoms with E-state index in [4.69, 9.17) is 23.7 Å². The van der Waals surface area contributed by atoms with Crippen LogP contribution in [0.5, 0.6) is 0 Å². The van der Waals surface area contributed by atoms with E-state index in [9.17, 15) is 33.6 Å². The maximum Gasteiger partial charge on any atom is 0.320 e. The number of carbonyl (C=O) groups is 7. The monoisotopic (exact) mass is 1240 g/mol. The normalized spacial score (nSPS) is 13.7. The number of amides is 1. The summed E-state index contributed by atoms with van der Waals surface area (Å²) in [5, 5.41) is 0. The van der Waals surface area contributed by atoms with Crippen LogP contribution in [0.2, 0.25) is 0 Å². The third-order valence-electron chi connectivity index (χ3n) is 14.9. The van der Waals surface area contributed by atoms with Crippen LogP contribution >= 0.6 is 0 Å². The molecule has 514 valence electrons. The lowest BCUT2D eigenvalue weighted by Crippen LogP contribution is -2.46. The van der Waals surface area contributed by atoms with Gasteiger partial charge in [0.15, 0.2) is 0 Å². The molecule has 1 fully saturated rings. The van der Waals surface area contributed by atoms with Crippen LogP contribution in [0.4, 0.5) is 0 Å². The van der Waals surface area contributed by atoms with E-state index in [1.807, 2.05) is 65.5 Å². The van der Waals surface area contributed by atoms with Crippen LogP contribution in [0.1, 0.15) is 329 Å². The van der Waals surface area contributed by atoms with Crippen molar-refractivity contribution in [3.63, 3.8) is 0 Å². The number of likely N-dealkylation sites (tertiary alicyclic amines) is 1. The SMILES string of the molecule is C/C=C\C.C=CC.CCCC.CCCCCCCCOC(=O)CC.CCCCCCCCOC(=O)CC(C)CC.CCCCCCCCOC(=O)CN(CC(=O)OCCCCCCCC)CC(=O)OCC1CCC(CCC(=O)CC)N1C(=O)C(C)CC. The Morgan fingerprint density at radius 3 is 1.13 bits per heavy atom. The van der Waals surface area contributed by atoms with Gasteiger partial charge in [0.2, 0.25) is 5.91 Å². The number of allylic oxidation sites excluding steroid dienone is 3. The van der Waals surface area contributed by atoms with Crippen molar-refractivity contribution in [2.75, 3.05) is 52.7 Å². The number of nitrogens with zero attached hydrogens (tertiary/aromatic N) is 2. The third-order valence-corrected chi connectivity index (χ3v) is 14.9. The van der Waals surface area contributed by atoms with Crippen molar-refractivity contribution < 1.29 is 57.2 Å². The minimum absolute atomic E-state index is 0.0165. The lowest BCUT2D eigenvalue weighted by molar-refractivity contribution is -0.154. The highest BCUT2D eigenvalue weighted by Crippen LogP contribution is 2.30. The molecule has 0 spiro atoms. The lowest BCUT2D eigenvalue weighted by atomic mass is 10.0. The molecule has 1 aliphatic heterocycles. The van der Waals surface area contributed by atoms with Crippen molar-refractivity contribution in [2.45, 2.75) is 341 Å². The second-order valence-electron chi connectivity index (χ2n) is 23.3. The van der Waals surface area contributed by atoms with Crippen molar-refractivity contribution in [2.24, 2.45) is 11.8 Å². The van der Waals surface area contributed by atoms with Gasteiger partial charge in [0.05, 0.1) is 52.1 Å². The summed E-state index contributed by atoms with van der Waals surface area (Å²) < 4.78 is 26.6. The van der Waals surface area contributed by atoms with Crippen LogP contribution in [-0.2, 0) is 57.2 Å². The standard InChI is InChI=1S/C37H66N2O8.C14H28O2.C11H22O2.C4H10.C4H8.C3H6/c1-6-10-12-14-16-18-24-45-34(41)26-38(27-35(42)46-25-19-17-15-13-11-7-2)28-36(43)47-29-32-21-20-31(22-23-33(40)9-4)39(32)37(44)30(5)8-3;1-4-6-7-8-9-10-11-16-14(15)12-13(3)5-2;1-3-5-6-7-8-9-10-13-11(12)4-2;2*1-3-4-2;1-3-2/h30-32H,6-29H2,1-5H3;13H,4-12H2,1-3H3;3-10H2,1-2H3;3-4H2,1-2H3;3-4H,1-2H3;3H,1H2,2H3/b;;;;4-3-;. The number of hydrogen-bond acceptors (Lipinski definition) is 13. The third kappa shape index (κ3) is 66.2. The van der Waals surface area contributed by atoms with Gasteiger partial charge in [-0.25, -0.2) is 0 Å². The van der Waals surface area contributed by atoms with Crippen LogP contribution in [0.15, 0.2) is 24.8 Å². The van der Waals surface area contributed by atoms with Gasteiger partial charge in [-0.1, -0.05) is 249 Å². The molecular weight excluding hydrogens is 1100 g/mol. The molecule has 1 rings (SSSR count). The predicted octanol–water partition coefficient (Wildman–Crippen LogP) is 19.0. The molecule has 14 nitrogen and oxygen atoms in total. The maximum atomic E-state index is 13.3. The fourth-order valence-electron chi connectivity index (χ4n) is 8.61. The molecule has 0 aliphatic carbocycles. The number of esters is 5. The topological polar surface area (TPSA) is 172 Å². The van der Waals surface area contributed by atoms with Crippen molar-refractivity contribution in [3.05, 3.63) is 24.8 Å². The van der Waals surface area contributed by atoms with Crippen LogP contribution in [0.3, 0.4) is 0 Å². The molecule has 4 unspecified atom stereocenters. The van der Waals surface area contributed by atoms with E-state index in [1.54, 1.807) is 6.08 Å². The molecule has 0 bridgehead atoms. The van der Waals surface area contributed by atoms with E-state index < -0.39 is 17.9 Å². The smallest absolute Gasteiger partial charge is 0.320 e. The Morgan fingerprint density at radius 2 is 0.793 bits per heavy atom. The Balaban J connectivity index is -0.000000450. The zero-order valence-corrected chi connectivity index (χ0v) is 59.4. The van der Waals surface area contributed by atoms with Crippen LogP contribution in [0.25, 0.3) is 0 Å². The summed E-state index contributed by atoms with van der Waals surface area (Å²) >= 11 is 0. The molecule has 1 amide bonds. The number of unbranched alkanes of at least 4 members (excludes halogenated alkanes) is 21. The van der Waals surface area contributed by atoms with E-state index in [2.05, 4.69) is 62.0 Å². The number of Topliss-reactive ketones (excluding diaryl/α,β-unsaturated/α-hetero) is 1. The van der Waals surface area contributed by atoms with Gasteiger partial charge in [-0.3, -0.25) is 38.5 Å². The average Bonchev–Trinajstić information content (AvgIpc) is 2.18.